The predicted molar refractivity (Wildman–Crippen MR) is 67.3 cm³/mol. The number of benzene rings is 1. The molecule has 1 unspecified atom stereocenters. The van der Waals surface area contributed by atoms with Gasteiger partial charge in [-0.25, -0.2) is 4.79 Å². The van der Waals surface area contributed by atoms with Crippen molar-refractivity contribution in [2.24, 2.45) is 5.92 Å². The topological polar surface area (TPSA) is 84.6 Å². The molecule has 0 bridgehead atoms. The summed E-state index contributed by atoms with van der Waals surface area (Å²) < 4.78 is 5.01. The van der Waals surface area contributed by atoms with Crippen LogP contribution in [-0.4, -0.2) is 31.3 Å². The molecule has 5 heteroatoms. The number of anilines is 2. The molecule has 17 heavy (non-hydrogen) atoms. The summed E-state index contributed by atoms with van der Waals surface area (Å²) in [5.41, 5.74) is 6.77. The quantitative estimate of drug-likeness (QED) is 0.656. The molecule has 0 aromatic heterocycles. The largest absolute Gasteiger partial charge is 0.478 e. The molecule has 0 aliphatic rings. The first-order valence-electron chi connectivity index (χ1n) is 5.40. The van der Waals surface area contributed by atoms with Gasteiger partial charge in [0, 0.05) is 25.0 Å². The summed E-state index contributed by atoms with van der Waals surface area (Å²) in [4.78, 5) is 11.0. The van der Waals surface area contributed by atoms with E-state index in [9.17, 15) is 4.79 Å². The van der Waals surface area contributed by atoms with Gasteiger partial charge in [0.2, 0.25) is 0 Å². The number of hydrogen-bond donors (Lipinski definition) is 3. The number of carbonyl (C=O) groups is 1. The van der Waals surface area contributed by atoms with Gasteiger partial charge in [-0.1, -0.05) is 6.92 Å². The Hall–Kier alpha value is -1.75. The van der Waals surface area contributed by atoms with Crippen LogP contribution in [0.15, 0.2) is 18.2 Å². The molecule has 0 aliphatic carbocycles. The molecule has 1 rings (SSSR count). The van der Waals surface area contributed by atoms with E-state index in [1.165, 1.54) is 6.07 Å². The van der Waals surface area contributed by atoms with Crippen LogP contribution in [0.2, 0.25) is 0 Å². The molecule has 0 saturated carbocycles. The van der Waals surface area contributed by atoms with Gasteiger partial charge in [0.15, 0.2) is 0 Å². The van der Waals surface area contributed by atoms with Gasteiger partial charge in [-0.15, -0.1) is 0 Å². The first-order chi connectivity index (χ1) is 8.04. The lowest BCUT2D eigenvalue weighted by atomic mass is 10.1. The fourth-order valence-corrected chi connectivity index (χ4v) is 1.52. The summed E-state index contributed by atoms with van der Waals surface area (Å²) in [7, 11) is 1.64. The second kappa shape index (κ2) is 6.10. The van der Waals surface area contributed by atoms with Crippen LogP contribution in [0, 0.1) is 5.92 Å². The highest BCUT2D eigenvalue weighted by Gasteiger charge is 2.11. The number of hydrogen-bond acceptors (Lipinski definition) is 4. The van der Waals surface area contributed by atoms with Crippen LogP contribution in [0.25, 0.3) is 0 Å². The average molecular weight is 238 g/mol. The van der Waals surface area contributed by atoms with Gasteiger partial charge in [0.25, 0.3) is 0 Å². The number of nitrogens with one attached hydrogen (secondary N) is 1. The molecule has 0 saturated heterocycles. The Bertz CT molecular complexity index is 393. The molecule has 4 N–H and O–H groups in total. The summed E-state index contributed by atoms with van der Waals surface area (Å²) in [5.74, 6) is -0.682. The Kier molecular flexibility index (Phi) is 4.78. The molecular formula is C12H18N2O3. The highest BCUT2D eigenvalue weighted by atomic mass is 16.5. The first-order valence-corrected chi connectivity index (χ1v) is 5.40. The second-order valence-corrected chi connectivity index (χ2v) is 4.05. The van der Waals surface area contributed by atoms with E-state index in [-0.39, 0.29) is 5.56 Å². The third-order valence-electron chi connectivity index (χ3n) is 2.37. The fraction of sp³-hybridized carbons (Fsp3) is 0.417. The number of rotatable bonds is 6. The van der Waals surface area contributed by atoms with Crippen molar-refractivity contribution in [1.29, 1.82) is 0 Å². The summed E-state index contributed by atoms with van der Waals surface area (Å²) in [5, 5.41) is 12.1. The Balaban J connectivity index is 2.73. The molecule has 0 fully saturated rings. The molecule has 1 atom stereocenters. The van der Waals surface area contributed by atoms with Crippen LogP contribution < -0.4 is 11.1 Å². The van der Waals surface area contributed by atoms with Gasteiger partial charge in [-0.05, 0) is 24.1 Å². The van der Waals surface area contributed by atoms with Gasteiger partial charge in [-0.3, -0.25) is 0 Å². The van der Waals surface area contributed by atoms with Gasteiger partial charge >= 0.3 is 5.97 Å². The number of nitrogens with two attached hydrogens (primary N) is 1. The number of ether oxygens (including phenoxy) is 1. The van der Waals surface area contributed by atoms with Crippen molar-refractivity contribution in [2.45, 2.75) is 6.92 Å². The fourth-order valence-electron chi connectivity index (χ4n) is 1.52. The monoisotopic (exact) mass is 238 g/mol. The number of carboxylic acids is 1. The van der Waals surface area contributed by atoms with Crippen molar-refractivity contribution >= 4 is 17.3 Å². The lowest BCUT2D eigenvalue weighted by Gasteiger charge is -2.14. The Labute approximate surface area is 101 Å². The molecule has 0 radical (unpaired) electrons. The van der Waals surface area contributed by atoms with Crippen molar-refractivity contribution in [3.05, 3.63) is 23.8 Å². The van der Waals surface area contributed by atoms with E-state index in [0.717, 1.165) is 0 Å². The minimum atomic E-state index is -0.987. The normalized spacial score (nSPS) is 12.1. The molecule has 0 aliphatic heterocycles. The SMILES string of the molecule is COCC(C)CNc1ccc(N)cc1C(=O)O. The van der Waals surface area contributed by atoms with Crippen molar-refractivity contribution < 1.29 is 14.6 Å². The molecule has 94 valence electrons. The summed E-state index contributed by atoms with van der Waals surface area (Å²) >= 11 is 0. The van der Waals surface area contributed by atoms with E-state index < -0.39 is 5.97 Å². The van der Waals surface area contributed by atoms with Crippen LogP contribution in [0.4, 0.5) is 11.4 Å². The Morgan fingerprint density at radius 2 is 2.29 bits per heavy atom. The molecular weight excluding hydrogens is 220 g/mol. The lowest BCUT2D eigenvalue weighted by molar-refractivity contribution is 0.0698. The van der Waals surface area contributed by atoms with E-state index in [1.54, 1.807) is 19.2 Å². The predicted octanol–water partition coefficient (Wildman–Crippen LogP) is 1.66. The molecule has 0 heterocycles. The molecule has 1 aromatic carbocycles. The van der Waals surface area contributed by atoms with Crippen LogP contribution >= 0.6 is 0 Å². The molecule has 0 spiro atoms. The van der Waals surface area contributed by atoms with Gasteiger partial charge in [0.1, 0.15) is 0 Å². The zero-order valence-corrected chi connectivity index (χ0v) is 10.1. The number of aromatic carboxylic acids is 1. The van der Waals surface area contributed by atoms with Crippen LogP contribution in [-0.2, 0) is 4.74 Å². The van der Waals surface area contributed by atoms with Crippen molar-refractivity contribution in [3.63, 3.8) is 0 Å². The van der Waals surface area contributed by atoms with Crippen LogP contribution in [0.3, 0.4) is 0 Å². The van der Waals surface area contributed by atoms with Gasteiger partial charge < -0.3 is 20.9 Å². The van der Waals surface area contributed by atoms with E-state index in [1.807, 2.05) is 6.92 Å². The van der Waals surface area contributed by atoms with Crippen molar-refractivity contribution in [1.82, 2.24) is 0 Å². The second-order valence-electron chi connectivity index (χ2n) is 4.05. The molecule has 1 aromatic rings. The average Bonchev–Trinajstić information content (AvgIpc) is 2.27. The van der Waals surface area contributed by atoms with Crippen LogP contribution in [0.1, 0.15) is 17.3 Å². The van der Waals surface area contributed by atoms with E-state index in [0.29, 0.717) is 30.4 Å². The minimum Gasteiger partial charge on any atom is -0.478 e. The number of methoxy groups -OCH3 is 1. The maximum atomic E-state index is 11.0. The van der Waals surface area contributed by atoms with Crippen molar-refractivity contribution in [3.8, 4) is 0 Å². The van der Waals surface area contributed by atoms with E-state index >= 15 is 0 Å². The van der Waals surface area contributed by atoms with Crippen LogP contribution in [0.5, 0.6) is 0 Å². The van der Waals surface area contributed by atoms with E-state index in [4.69, 9.17) is 15.6 Å². The maximum Gasteiger partial charge on any atom is 0.337 e. The lowest BCUT2D eigenvalue weighted by Crippen LogP contribution is -2.17. The zero-order chi connectivity index (χ0) is 12.8. The summed E-state index contributed by atoms with van der Waals surface area (Å²) in [6.07, 6.45) is 0. The minimum absolute atomic E-state index is 0.189. The van der Waals surface area contributed by atoms with Crippen molar-refractivity contribution in [2.75, 3.05) is 31.3 Å². The summed E-state index contributed by atoms with van der Waals surface area (Å²) in [6, 6.07) is 4.81. The third kappa shape index (κ3) is 3.96. The Morgan fingerprint density at radius 1 is 1.59 bits per heavy atom. The maximum absolute atomic E-state index is 11.0. The molecule has 0 amide bonds. The number of nitrogen functional groups attached to an aromatic ring is 1. The van der Waals surface area contributed by atoms with E-state index in [2.05, 4.69) is 5.32 Å². The first kappa shape index (κ1) is 13.3. The number of carboxylic acid groups (broad SMARTS) is 1. The smallest absolute Gasteiger partial charge is 0.337 e. The molecule has 5 nitrogen and oxygen atoms in total. The van der Waals surface area contributed by atoms with Gasteiger partial charge in [0.05, 0.1) is 12.2 Å². The van der Waals surface area contributed by atoms with Gasteiger partial charge in [-0.2, -0.15) is 0 Å². The Morgan fingerprint density at radius 3 is 2.88 bits per heavy atom. The zero-order valence-electron chi connectivity index (χ0n) is 10.1. The highest BCUT2D eigenvalue weighted by Crippen LogP contribution is 2.19. The standard InChI is InChI=1S/C12H18N2O3/c1-8(7-17-2)6-14-11-4-3-9(13)5-10(11)12(15)16/h3-5,8,14H,6-7,13H2,1-2H3,(H,15,16). The third-order valence-corrected chi connectivity index (χ3v) is 2.37. The highest BCUT2D eigenvalue weighted by molar-refractivity contribution is 5.95. The summed E-state index contributed by atoms with van der Waals surface area (Å²) in [6.45, 7) is 3.30.